The molecule has 0 radical (unpaired) electrons. The molecule has 0 unspecified atom stereocenters. The number of benzene rings is 1. The number of alkyl halides is 2. The molecule has 116 valence electrons. The Labute approximate surface area is 121 Å². The van der Waals surface area contributed by atoms with Crippen LogP contribution in [0.15, 0.2) is 24.3 Å². The van der Waals surface area contributed by atoms with Gasteiger partial charge in [0.2, 0.25) is 5.91 Å². The third-order valence-corrected chi connectivity index (χ3v) is 4.08. The number of nitrogens with one attached hydrogen (secondary N) is 1. The summed E-state index contributed by atoms with van der Waals surface area (Å²) in [5.41, 5.74) is 4.60. The Morgan fingerprint density at radius 1 is 1.33 bits per heavy atom. The summed E-state index contributed by atoms with van der Waals surface area (Å²) < 4.78 is 39.8. The number of halogens is 3. The van der Waals surface area contributed by atoms with E-state index in [1.165, 1.54) is 18.2 Å². The van der Waals surface area contributed by atoms with Gasteiger partial charge in [0.1, 0.15) is 5.82 Å². The zero-order valence-corrected chi connectivity index (χ0v) is 11.7. The van der Waals surface area contributed by atoms with Crippen molar-refractivity contribution in [3.8, 4) is 0 Å². The van der Waals surface area contributed by atoms with E-state index in [0.717, 1.165) is 12.8 Å². The van der Waals surface area contributed by atoms with Crippen LogP contribution in [0.5, 0.6) is 0 Å². The van der Waals surface area contributed by atoms with Gasteiger partial charge >= 0.3 is 0 Å². The second-order valence-electron chi connectivity index (χ2n) is 5.54. The first-order valence-corrected chi connectivity index (χ1v) is 7.02. The fourth-order valence-electron chi connectivity index (χ4n) is 2.86. The van der Waals surface area contributed by atoms with Crippen molar-refractivity contribution in [3.63, 3.8) is 0 Å². The normalized spacial score (nSPS) is 17.7. The van der Waals surface area contributed by atoms with Crippen LogP contribution in [-0.4, -0.2) is 24.9 Å². The van der Waals surface area contributed by atoms with Crippen LogP contribution in [0, 0.1) is 5.82 Å². The van der Waals surface area contributed by atoms with Crippen molar-refractivity contribution in [1.82, 2.24) is 5.32 Å². The van der Waals surface area contributed by atoms with E-state index < -0.39 is 36.2 Å². The molecule has 1 saturated carbocycles. The molecule has 1 aliphatic carbocycles. The lowest BCUT2D eigenvalue weighted by atomic mass is 9.78. The van der Waals surface area contributed by atoms with E-state index in [9.17, 15) is 18.0 Å². The molecule has 1 aromatic rings. The van der Waals surface area contributed by atoms with E-state index in [0.29, 0.717) is 18.4 Å². The maximum Gasteiger partial charge on any atom is 0.277 e. The van der Waals surface area contributed by atoms with Gasteiger partial charge in [-0.3, -0.25) is 4.79 Å². The largest absolute Gasteiger partial charge is 0.349 e. The van der Waals surface area contributed by atoms with Crippen LogP contribution < -0.4 is 11.1 Å². The minimum atomic E-state index is -3.13. The number of hydrogen-bond acceptors (Lipinski definition) is 2. The van der Waals surface area contributed by atoms with Gasteiger partial charge in [-0.2, -0.15) is 0 Å². The van der Waals surface area contributed by atoms with Crippen LogP contribution in [0.2, 0.25) is 0 Å². The lowest BCUT2D eigenvalue weighted by molar-refractivity contribution is -0.128. The van der Waals surface area contributed by atoms with Gasteiger partial charge < -0.3 is 11.1 Å². The molecular weight excluding hydrogens is 281 g/mol. The predicted molar refractivity (Wildman–Crippen MR) is 73.6 cm³/mol. The zero-order valence-electron chi connectivity index (χ0n) is 11.7. The summed E-state index contributed by atoms with van der Waals surface area (Å²) in [7, 11) is 0. The summed E-state index contributed by atoms with van der Waals surface area (Å²) in [5.74, 6) is -4.03. The Kier molecular flexibility index (Phi) is 4.56. The molecule has 3 nitrogen and oxygen atoms in total. The van der Waals surface area contributed by atoms with Gasteiger partial charge in [-0.15, -0.1) is 0 Å². The quantitative estimate of drug-likeness (QED) is 0.877. The van der Waals surface area contributed by atoms with E-state index in [2.05, 4.69) is 5.32 Å². The van der Waals surface area contributed by atoms with Crippen molar-refractivity contribution in [2.45, 2.75) is 37.0 Å². The smallest absolute Gasteiger partial charge is 0.277 e. The van der Waals surface area contributed by atoms with Crippen molar-refractivity contribution >= 4 is 5.91 Å². The molecule has 0 bridgehead atoms. The third-order valence-electron chi connectivity index (χ3n) is 4.08. The van der Waals surface area contributed by atoms with Gasteiger partial charge in [0, 0.05) is 0 Å². The number of hydrogen-bond donors (Lipinski definition) is 2. The number of carbonyl (C=O) groups is 1. The second-order valence-corrected chi connectivity index (χ2v) is 5.54. The Bertz CT molecular complexity index is 513. The summed E-state index contributed by atoms with van der Waals surface area (Å²) in [6, 6.07) is 5.82. The molecule has 1 fully saturated rings. The summed E-state index contributed by atoms with van der Waals surface area (Å²) >= 11 is 0. The molecule has 0 atom stereocenters. The van der Waals surface area contributed by atoms with Crippen molar-refractivity contribution < 1.29 is 18.0 Å². The van der Waals surface area contributed by atoms with Gasteiger partial charge in [-0.05, 0) is 30.5 Å². The van der Waals surface area contributed by atoms with Crippen LogP contribution in [0.4, 0.5) is 13.2 Å². The predicted octanol–water partition coefficient (Wildman–Crippen LogP) is 2.35. The fraction of sp³-hybridized carbons (Fsp3) is 0.533. The van der Waals surface area contributed by atoms with Crippen LogP contribution in [0.1, 0.15) is 31.2 Å². The van der Waals surface area contributed by atoms with Crippen LogP contribution in [0.25, 0.3) is 0 Å². The highest BCUT2D eigenvalue weighted by Crippen LogP contribution is 2.41. The molecule has 1 aromatic carbocycles. The molecule has 0 aliphatic heterocycles. The number of rotatable bonds is 5. The average molecular weight is 300 g/mol. The molecule has 2 rings (SSSR count). The molecule has 6 heteroatoms. The lowest BCUT2D eigenvalue weighted by Gasteiger charge is -2.29. The molecule has 1 aliphatic rings. The van der Waals surface area contributed by atoms with E-state index in [-0.39, 0.29) is 0 Å². The van der Waals surface area contributed by atoms with Gasteiger partial charge in [0.15, 0.2) is 0 Å². The Balaban J connectivity index is 2.20. The molecule has 21 heavy (non-hydrogen) atoms. The van der Waals surface area contributed by atoms with Gasteiger partial charge in [-0.1, -0.05) is 25.0 Å². The molecule has 3 N–H and O–H groups in total. The van der Waals surface area contributed by atoms with Gasteiger partial charge in [0.05, 0.1) is 18.5 Å². The standard InChI is InChI=1S/C15H19F3N2O/c16-12-5-3-4-11(8-12)14(6-1-2-7-14)13(21)20-10-15(17,18)9-19/h3-5,8H,1-2,6-7,9-10,19H2,(H,20,21). The number of nitrogens with two attached hydrogens (primary N) is 1. The summed E-state index contributed by atoms with van der Waals surface area (Å²) in [6.07, 6.45) is 2.71. The molecule has 1 amide bonds. The Morgan fingerprint density at radius 3 is 2.57 bits per heavy atom. The third kappa shape index (κ3) is 3.37. The Hall–Kier alpha value is -1.56. The highest BCUT2D eigenvalue weighted by molar-refractivity contribution is 5.88. The first kappa shape index (κ1) is 15.8. The summed E-state index contributed by atoms with van der Waals surface area (Å²) in [5, 5.41) is 2.28. The first-order valence-electron chi connectivity index (χ1n) is 7.02. The van der Waals surface area contributed by atoms with E-state index in [4.69, 9.17) is 5.73 Å². The highest BCUT2D eigenvalue weighted by atomic mass is 19.3. The fourth-order valence-corrected chi connectivity index (χ4v) is 2.86. The molecular formula is C15H19F3N2O. The number of amides is 1. The van der Waals surface area contributed by atoms with E-state index in [1.807, 2.05) is 0 Å². The topological polar surface area (TPSA) is 55.1 Å². The van der Waals surface area contributed by atoms with Gasteiger partial charge in [-0.25, -0.2) is 13.2 Å². The summed E-state index contributed by atoms with van der Waals surface area (Å²) in [4.78, 5) is 12.4. The maximum absolute atomic E-state index is 13.4. The van der Waals surface area contributed by atoms with Crippen LogP contribution in [-0.2, 0) is 10.2 Å². The highest BCUT2D eigenvalue weighted by Gasteiger charge is 2.43. The minimum absolute atomic E-state index is 0.432. The Morgan fingerprint density at radius 2 is 2.00 bits per heavy atom. The van der Waals surface area contributed by atoms with Crippen molar-refractivity contribution in [1.29, 1.82) is 0 Å². The minimum Gasteiger partial charge on any atom is -0.349 e. The van der Waals surface area contributed by atoms with E-state index >= 15 is 0 Å². The van der Waals surface area contributed by atoms with Crippen LogP contribution >= 0.6 is 0 Å². The van der Waals surface area contributed by atoms with Crippen molar-refractivity contribution in [2.75, 3.05) is 13.1 Å². The van der Waals surface area contributed by atoms with Crippen molar-refractivity contribution in [2.24, 2.45) is 5.73 Å². The zero-order chi connectivity index (χ0) is 15.5. The van der Waals surface area contributed by atoms with E-state index in [1.54, 1.807) is 6.07 Å². The molecule has 0 saturated heterocycles. The van der Waals surface area contributed by atoms with Gasteiger partial charge in [0.25, 0.3) is 5.92 Å². The molecule has 0 spiro atoms. The lowest BCUT2D eigenvalue weighted by Crippen LogP contribution is -2.48. The summed E-state index contributed by atoms with van der Waals surface area (Å²) in [6.45, 7) is -1.61. The monoisotopic (exact) mass is 300 g/mol. The maximum atomic E-state index is 13.4. The number of carbonyl (C=O) groups excluding carboxylic acids is 1. The first-order chi connectivity index (χ1) is 9.89. The molecule has 0 heterocycles. The SMILES string of the molecule is NCC(F)(F)CNC(=O)C1(c2cccc(F)c2)CCCC1. The molecule has 0 aromatic heterocycles. The second kappa shape index (κ2) is 6.05. The van der Waals surface area contributed by atoms with Crippen LogP contribution in [0.3, 0.4) is 0 Å². The average Bonchev–Trinajstić information content (AvgIpc) is 2.96. The van der Waals surface area contributed by atoms with Crippen molar-refractivity contribution in [3.05, 3.63) is 35.6 Å².